The Morgan fingerprint density at radius 3 is 2.59 bits per heavy atom. The van der Waals surface area contributed by atoms with Gasteiger partial charge in [0.1, 0.15) is 0 Å². The summed E-state index contributed by atoms with van der Waals surface area (Å²) in [4.78, 5) is 16.5. The van der Waals surface area contributed by atoms with Gasteiger partial charge in [-0.1, -0.05) is 26.0 Å². The van der Waals surface area contributed by atoms with Crippen LogP contribution in [0, 0.1) is 5.41 Å². The minimum atomic E-state index is -0.0504. The van der Waals surface area contributed by atoms with Crippen molar-refractivity contribution in [1.82, 2.24) is 16.0 Å². The first kappa shape index (κ1) is 23.7. The number of nitrogens with zero attached hydrogens (tertiary/aromatic N) is 1. The number of hydrogen-bond donors (Lipinski definition) is 3. The highest BCUT2D eigenvalue weighted by molar-refractivity contribution is 14.0. The van der Waals surface area contributed by atoms with Crippen LogP contribution in [0.1, 0.15) is 62.4 Å². The van der Waals surface area contributed by atoms with Crippen molar-refractivity contribution in [2.24, 2.45) is 10.4 Å². The van der Waals surface area contributed by atoms with Crippen LogP contribution in [-0.2, 0) is 6.42 Å². The van der Waals surface area contributed by atoms with E-state index in [0.29, 0.717) is 23.6 Å². The quantitative estimate of drug-likeness (QED) is 0.326. The van der Waals surface area contributed by atoms with Crippen molar-refractivity contribution >= 4 is 35.8 Å². The second kappa shape index (κ2) is 11.5. The molecule has 1 saturated carbocycles. The largest absolute Gasteiger partial charge is 0.357 e. The van der Waals surface area contributed by atoms with E-state index in [1.807, 2.05) is 24.3 Å². The van der Waals surface area contributed by atoms with E-state index in [4.69, 9.17) is 4.99 Å². The zero-order chi connectivity index (χ0) is 19.0. The number of halogens is 1. The summed E-state index contributed by atoms with van der Waals surface area (Å²) in [7, 11) is 1.65. The predicted octanol–water partition coefficient (Wildman–Crippen LogP) is 3.73. The van der Waals surface area contributed by atoms with E-state index in [0.717, 1.165) is 24.5 Å². The van der Waals surface area contributed by atoms with Gasteiger partial charge in [0.15, 0.2) is 5.96 Å². The van der Waals surface area contributed by atoms with Crippen LogP contribution < -0.4 is 16.0 Å². The van der Waals surface area contributed by atoms with Crippen molar-refractivity contribution in [2.75, 3.05) is 20.1 Å². The van der Waals surface area contributed by atoms with Gasteiger partial charge in [-0.3, -0.25) is 9.79 Å². The van der Waals surface area contributed by atoms with E-state index in [-0.39, 0.29) is 29.9 Å². The molecule has 0 aromatic heterocycles. The maximum absolute atomic E-state index is 11.7. The van der Waals surface area contributed by atoms with Crippen molar-refractivity contribution in [2.45, 2.75) is 58.9 Å². The molecule has 27 heavy (non-hydrogen) atoms. The molecule has 2 rings (SSSR count). The summed E-state index contributed by atoms with van der Waals surface area (Å²) >= 11 is 0. The molecule has 0 radical (unpaired) electrons. The van der Waals surface area contributed by atoms with E-state index in [9.17, 15) is 4.79 Å². The molecule has 0 unspecified atom stereocenters. The lowest BCUT2D eigenvalue weighted by molar-refractivity contribution is 0.0963. The summed E-state index contributed by atoms with van der Waals surface area (Å²) in [6.45, 7) is 8.36. The predicted molar refractivity (Wildman–Crippen MR) is 124 cm³/mol. The normalized spacial score (nSPS) is 17.0. The Hall–Kier alpha value is -1.31. The SMILES string of the molecule is CCNC(=NCCc1cccc(C(=O)NC)c1)NC1CCC(C)(C)CC1.I. The summed E-state index contributed by atoms with van der Waals surface area (Å²) in [5, 5.41) is 9.61. The molecule has 0 saturated heterocycles. The van der Waals surface area contributed by atoms with Gasteiger partial charge in [-0.25, -0.2) is 0 Å². The fourth-order valence-corrected chi connectivity index (χ4v) is 3.37. The van der Waals surface area contributed by atoms with E-state index < -0.39 is 0 Å². The Morgan fingerprint density at radius 1 is 1.26 bits per heavy atom. The van der Waals surface area contributed by atoms with Gasteiger partial charge in [-0.2, -0.15) is 0 Å². The van der Waals surface area contributed by atoms with Crippen molar-refractivity contribution in [3.05, 3.63) is 35.4 Å². The number of guanidine groups is 1. The molecule has 0 heterocycles. The van der Waals surface area contributed by atoms with Crippen molar-refractivity contribution < 1.29 is 4.79 Å². The van der Waals surface area contributed by atoms with Gasteiger partial charge >= 0.3 is 0 Å². The molecule has 1 aliphatic carbocycles. The molecular formula is C21H35IN4O. The number of amides is 1. The smallest absolute Gasteiger partial charge is 0.251 e. The summed E-state index contributed by atoms with van der Waals surface area (Å²) in [6.07, 6.45) is 5.74. The maximum atomic E-state index is 11.7. The Morgan fingerprint density at radius 2 is 1.96 bits per heavy atom. The molecule has 1 aromatic rings. The summed E-state index contributed by atoms with van der Waals surface area (Å²) in [5.41, 5.74) is 2.30. The lowest BCUT2D eigenvalue weighted by Gasteiger charge is -2.35. The minimum absolute atomic E-state index is 0. The standard InChI is InChI=1S/C21H34N4O.HI/c1-5-23-20(25-18-9-12-21(2,3)13-10-18)24-14-11-16-7-6-8-17(15-16)19(26)22-4;/h6-8,15,18H,5,9-14H2,1-4H3,(H,22,26)(H2,23,24,25);1H. The number of nitrogens with one attached hydrogen (secondary N) is 3. The molecule has 5 nitrogen and oxygen atoms in total. The van der Waals surface area contributed by atoms with Gasteiger partial charge in [0, 0.05) is 31.7 Å². The Balaban J connectivity index is 0.00000364. The topological polar surface area (TPSA) is 65.5 Å². The molecule has 1 fully saturated rings. The maximum Gasteiger partial charge on any atom is 0.251 e. The minimum Gasteiger partial charge on any atom is -0.357 e. The zero-order valence-corrected chi connectivity index (χ0v) is 19.4. The van der Waals surface area contributed by atoms with Crippen LogP contribution in [0.2, 0.25) is 0 Å². The van der Waals surface area contributed by atoms with E-state index in [2.05, 4.69) is 36.7 Å². The molecule has 0 spiro atoms. The fourth-order valence-electron chi connectivity index (χ4n) is 3.37. The molecule has 1 aliphatic rings. The van der Waals surface area contributed by atoms with Crippen LogP contribution in [0.5, 0.6) is 0 Å². The highest BCUT2D eigenvalue weighted by Gasteiger charge is 2.27. The van der Waals surface area contributed by atoms with Gasteiger partial charge in [-0.15, -0.1) is 24.0 Å². The number of hydrogen-bond acceptors (Lipinski definition) is 2. The average molecular weight is 486 g/mol. The summed E-state index contributed by atoms with van der Waals surface area (Å²) in [6, 6.07) is 8.26. The van der Waals surface area contributed by atoms with Crippen molar-refractivity contribution in [3.8, 4) is 0 Å². The number of benzene rings is 1. The molecule has 1 amide bonds. The van der Waals surface area contributed by atoms with Crippen LogP contribution in [-0.4, -0.2) is 38.0 Å². The highest BCUT2D eigenvalue weighted by Crippen LogP contribution is 2.34. The second-order valence-corrected chi connectivity index (χ2v) is 7.87. The average Bonchev–Trinajstić information content (AvgIpc) is 2.63. The van der Waals surface area contributed by atoms with E-state index in [1.165, 1.54) is 25.7 Å². The first-order valence-electron chi connectivity index (χ1n) is 9.79. The molecule has 3 N–H and O–H groups in total. The van der Waals surface area contributed by atoms with Gasteiger partial charge in [0.25, 0.3) is 5.91 Å². The second-order valence-electron chi connectivity index (χ2n) is 7.87. The molecule has 0 aliphatic heterocycles. The number of rotatable bonds is 6. The lowest BCUT2D eigenvalue weighted by Crippen LogP contribution is -2.45. The molecule has 6 heteroatoms. The molecule has 1 aromatic carbocycles. The Kier molecular flexibility index (Phi) is 10.1. The number of aliphatic imine (C=N–C) groups is 1. The zero-order valence-electron chi connectivity index (χ0n) is 17.1. The van der Waals surface area contributed by atoms with Crippen LogP contribution in [0.4, 0.5) is 0 Å². The van der Waals surface area contributed by atoms with Crippen LogP contribution in [0.25, 0.3) is 0 Å². The van der Waals surface area contributed by atoms with Gasteiger partial charge in [0.2, 0.25) is 0 Å². The summed E-state index contributed by atoms with van der Waals surface area (Å²) < 4.78 is 0. The van der Waals surface area contributed by atoms with E-state index >= 15 is 0 Å². The molecule has 0 atom stereocenters. The lowest BCUT2D eigenvalue weighted by atomic mass is 9.75. The van der Waals surface area contributed by atoms with Gasteiger partial charge in [-0.05, 0) is 62.1 Å². The third-order valence-electron chi connectivity index (χ3n) is 5.11. The number of carbonyl (C=O) groups is 1. The van der Waals surface area contributed by atoms with Crippen LogP contribution in [0.3, 0.4) is 0 Å². The molecule has 152 valence electrons. The third-order valence-corrected chi connectivity index (χ3v) is 5.11. The molecular weight excluding hydrogens is 451 g/mol. The summed E-state index contributed by atoms with van der Waals surface area (Å²) in [5.74, 6) is 0.852. The number of carbonyl (C=O) groups excluding carboxylic acids is 1. The van der Waals surface area contributed by atoms with Crippen molar-refractivity contribution in [3.63, 3.8) is 0 Å². The van der Waals surface area contributed by atoms with Crippen molar-refractivity contribution in [1.29, 1.82) is 0 Å². The Bertz CT molecular complexity index is 620. The van der Waals surface area contributed by atoms with Gasteiger partial charge < -0.3 is 16.0 Å². The first-order valence-corrected chi connectivity index (χ1v) is 9.79. The van der Waals surface area contributed by atoms with Crippen LogP contribution >= 0.6 is 24.0 Å². The fraction of sp³-hybridized carbons (Fsp3) is 0.619. The monoisotopic (exact) mass is 486 g/mol. The third kappa shape index (κ3) is 8.07. The van der Waals surface area contributed by atoms with Crippen LogP contribution in [0.15, 0.2) is 29.3 Å². The Labute approximate surface area is 181 Å². The highest BCUT2D eigenvalue weighted by atomic mass is 127. The first-order chi connectivity index (χ1) is 12.4. The molecule has 0 bridgehead atoms. The van der Waals surface area contributed by atoms with Gasteiger partial charge in [0.05, 0.1) is 0 Å². The van der Waals surface area contributed by atoms with E-state index in [1.54, 1.807) is 7.05 Å².